The molecule has 114 valence electrons. The van der Waals surface area contributed by atoms with Crippen LogP contribution in [0.3, 0.4) is 0 Å². The van der Waals surface area contributed by atoms with Crippen LogP contribution in [0.25, 0.3) is 0 Å². The third kappa shape index (κ3) is 4.44. The lowest BCUT2D eigenvalue weighted by molar-refractivity contribution is -0.385. The highest BCUT2D eigenvalue weighted by Gasteiger charge is 2.24. The number of benzene rings is 1. The SMILES string of the molecule is CCOC(=O)CCNC(=O)c1c(OC)cccc1[N+](=O)[O-]. The molecule has 8 heteroatoms. The number of hydrogen-bond donors (Lipinski definition) is 1. The van der Waals surface area contributed by atoms with Crippen molar-refractivity contribution in [3.63, 3.8) is 0 Å². The molecule has 21 heavy (non-hydrogen) atoms. The maximum Gasteiger partial charge on any atom is 0.307 e. The van der Waals surface area contributed by atoms with Crippen molar-refractivity contribution in [2.24, 2.45) is 0 Å². The molecule has 0 radical (unpaired) electrons. The third-order valence-corrected chi connectivity index (χ3v) is 2.57. The van der Waals surface area contributed by atoms with Crippen molar-refractivity contribution in [1.29, 1.82) is 0 Å². The largest absolute Gasteiger partial charge is 0.496 e. The normalized spacial score (nSPS) is 9.81. The molecule has 1 N–H and O–H groups in total. The number of hydrogen-bond acceptors (Lipinski definition) is 6. The predicted octanol–water partition coefficient (Wildman–Crippen LogP) is 1.29. The van der Waals surface area contributed by atoms with Gasteiger partial charge in [-0.3, -0.25) is 19.7 Å². The van der Waals surface area contributed by atoms with Crippen LogP contribution in [0.2, 0.25) is 0 Å². The Labute approximate surface area is 121 Å². The highest BCUT2D eigenvalue weighted by molar-refractivity contribution is 6.01. The van der Waals surface area contributed by atoms with Crippen LogP contribution in [0.1, 0.15) is 23.7 Å². The Hall–Kier alpha value is -2.64. The minimum Gasteiger partial charge on any atom is -0.496 e. The van der Waals surface area contributed by atoms with Gasteiger partial charge in [-0.15, -0.1) is 0 Å². The van der Waals surface area contributed by atoms with E-state index in [1.807, 2.05) is 0 Å². The molecule has 1 aromatic rings. The number of rotatable bonds is 7. The van der Waals surface area contributed by atoms with Gasteiger partial charge in [-0.1, -0.05) is 6.07 Å². The first-order valence-corrected chi connectivity index (χ1v) is 6.26. The number of carbonyl (C=O) groups excluding carboxylic acids is 2. The van der Waals surface area contributed by atoms with Crippen LogP contribution in [0.4, 0.5) is 5.69 Å². The van der Waals surface area contributed by atoms with Crippen molar-refractivity contribution in [1.82, 2.24) is 5.32 Å². The summed E-state index contributed by atoms with van der Waals surface area (Å²) in [6, 6.07) is 4.09. The number of carbonyl (C=O) groups is 2. The van der Waals surface area contributed by atoms with E-state index in [4.69, 9.17) is 9.47 Å². The summed E-state index contributed by atoms with van der Waals surface area (Å²) in [6.45, 7) is 1.95. The summed E-state index contributed by atoms with van der Waals surface area (Å²) in [5, 5.41) is 13.4. The average molecular weight is 296 g/mol. The Bertz CT molecular complexity index is 543. The van der Waals surface area contributed by atoms with Crippen LogP contribution >= 0.6 is 0 Å². The molecule has 1 rings (SSSR count). The van der Waals surface area contributed by atoms with Crippen molar-refractivity contribution < 1.29 is 24.0 Å². The Morgan fingerprint density at radius 3 is 2.67 bits per heavy atom. The van der Waals surface area contributed by atoms with E-state index in [9.17, 15) is 19.7 Å². The van der Waals surface area contributed by atoms with E-state index < -0.39 is 16.8 Å². The summed E-state index contributed by atoms with van der Waals surface area (Å²) in [6.07, 6.45) is -0.0114. The van der Waals surface area contributed by atoms with E-state index in [1.165, 1.54) is 25.3 Å². The van der Waals surface area contributed by atoms with Crippen molar-refractivity contribution in [2.75, 3.05) is 20.3 Å². The highest BCUT2D eigenvalue weighted by Crippen LogP contribution is 2.27. The second kappa shape index (κ2) is 7.83. The molecule has 0 spiro atoms. The number of methoxy groups -OCH3 is 1. The van der Waals surface area contributed by atoms with Crippen molar-refractivity contribution >= 4 is 17.6 Å². The predicted molar refractivity (Wildman–Crippen MR) is 73.2 cm³/mol. The van der Waals surface area contributed by atoms with Gasteiger partial charge >= 0.3 is 5.97 Å². The monoisotopic (exact) mass is 296 g/mol. The second-order valence-electron chi connectivity index (χ2n) is 3.92. The van der Waals surface area contributed by atoms with E-state index in [2.05, 4.69) is 5.32 Å². The van der Waals surface area contributed by atoms with Crippen LogP contribution in [-0.4, -0.2) is 37.1 Å². The van der Waals surface area contributed by atoms with Crippen LogP contribution in [0.15, 0.2) is 18.2 Å². The van der Waals surface area contributed by atoms with Crippen molar-refractivity contribution in [3.8, 4) is 5.75 Å². The lowest BCUT2D eigenvalue weighted by atomic mass is 10.1. The summed E-state index contributed by atoms with van der Waals surface area (Å²) >= 11 is 0. The zero-order valence-corrected chi connectivity index (χ0v) is 11.8. The van der Waals surface area contributed by atoms with Crippen molar-refractivity contribution in [2.45, 2.75) is 13.3 Å². The van der Waals surface area contributed by atoms with Gasteiger partial charge in [-0.2, -0.15) is 0 Å². The number of nitrogens with zero attached hydrogens (tertiary/aromatic N) is 1. The summed E-state index contributed by atoms with van der Waals surface area (Å²) in [5.74, 6) is -1.03. The fourth-order valence-electron chi connectivity index (χ4n) is 1.67. The molecule has 0 bridgehead atoms. The number of nitro groups is 1. The third-order valence-electron chi connectivity index (χ3n) is 2.57. The van der Waals surface area contributed by atoms with Gasteiger partial charge in [0.1, 0.15) is 5.75 Å². The Morgan fingerprint density at radius 1 is 1.38 bits per heavy atom. The Balaban J connectivity index is 2.82. The lowest BCUT2D eigenvalue weighted by Gasteiger charge is -2.09. The number of nitro benzene ring substituents is 1. The van der Waals surface area contributed by atoms with Gasteiger partial charge in [0.15, 0.2) is 5.56 Å². The molecule has 0 saturated heterocycles. The minimum absolute atomic E-state index is 0.0114. The second-order valence-corrected chi connectivity index (χ2v) is 3.92. The molecule has 0 saturated carbocycles. The molecule has 0 aliphatic carbocycles. The number of nitrogens with one attached hydrogen (secondary N) is 1. The van der Waals surface area contributed by atoms with E-state index in [-0.39, 0.29) is 36.6 Å². The van der Waals surface area contributed by atoms with Crippen LogP contribution < -0.4 is 10.1 Å². The van der Waals surface area contributed by atoms with Gasteiger partial charge in [0.25, 0.3) is 11.6 Å². The van der Waals surface area contributed by atoms with E-state index >= 15 is 0 Å². The Kier molecular flexibility index (Phi) is 6.12. The van der Waals surface area contributed by atoms with Gasteiger partial charge < -0.3 is 14.8 Å². The molecule has 0 unspecified atom stereocenters. The summed E-state index contributed by atoms with van der Waals surface area (Å²) in [7, 11) is 1.31. The van der Waals surface area contributed by atoms with Gasteiger partial charge in [0, 0.05) is 12.6 Å². The summed E-state index contributed by atoms with van der Waals surface area (Å²) in [5.41, 5.74) is -0.531. The van der Waals surface area contributed by atoms with Crippen LogP contribution in [0, 0.1) is 10.1 Å². The Morgan fingerprint density at radius 2 is 2.10 bits per heavy atom. The van der Waals surface area contributed by atoms with Gasteiger partial charge in [0.05, 0.1) is 25.1 Å². The first kappa shape index (κ1) is 16.4. The fourth-order valence-corrected chi connectivity index (χ4v) is 1.67. The standard InChI is InChI=1S/C13H16N2O6/c1-3-21-11(16)7-8-14-13(17)12-9(15(18)19)5-4-6-10(12)20-2/h4-6H,3,7-8H2,1-2H3,(H,14,17). The molecule has 8 nitrogen and oxygen atoms in total. The highest BCUT2D eigenvalue weighted by atomic mass is 16.6. The van der Waals surface area contributed by atoms with Crippen LogP contribution in [0.5, 0.6) is 5.75 Å². The fraction of sp³-hybridized carbons (Fsp3) is 0.385. The zero-order valence-electron chi connectivity index (χ0n) is 11.8. The number of esters is 1. The van der Waals surface area contributed by atoms with Gasteiger partial charge in [-0.05, 0) is 13.0 Å². The van der Waals surface area contributed by atoms with E-state index in [0.29, 0.717) is 0 Å². The zero-order chi connectivity index (χ0) is 15.8. The molecule has 0 fully saturated rings. The average Bonchev–Trinajstić information content (AvgIpc) is 2.46. The van der Waals surface area contributed by atoms with Gasteiger partial charge in [-0.25, -0.2) is 0 Å². The molecule has 0 heterocycles. The number of amides is 1. The molecule has 0 aliphatic heterocycles. The quantitative estimate of drug-likeness (QED) is 0.461. The van der Waals surface area contributed by atoms with E-state index in [1.54, 1.807) is 6.92 Å². The lowest BCUT2D eigenvalue weighted by Crippen LogP contribution is -2.27. The molecule has 1 aromatic carbocycles. The molecular formula is C13H16N2O6. The molecule has 1 amide bonds. The molecule has 0 aliphatic rings. The molecular weight excluding hydrogens is 280 g/mol. The first-order valence-electron chi connectivity index (χ1n) is 6.26. The summed E-state index contributed by atoms with van der Waals surface area (Å²) in [4.78, 5) is 33.5. The molecule has 0 aromatic heterocycles. The topological polar surface area (TPSA) is 108 Å². The van der Waals surface area contributed by atoms with Crippen molar-refractivity contribution in [3.05, 3.63) is 33.9 Å². The van der Waals surface area contributed by atoms with Gasteiger partial charge in [0.2, 0.25) is 0 Å². The maximum absolute atomic E-state index is 12.0. The molecule has 0 atom stereocenters. The minimum atomic E-state index is -0.677. The van der Waals surface area contributed by atoms with E-state index in [0.717, 1.165) is 0 Å². The maximum atomic E-state index is 12.0. The number of ether oxygens (including phenoxy) is 2. The first-order chi connectivity index (χ1) is 10.0. The van der Waals surface area contributed by atoms with Crippen LogP contribution in [-0.2, 0) is 9.53 Å². The summed E-state index contributed by atoms with van der Waals surface area (Å²) < 4.78 is 9.68. The smallest absolute Gasteiger partial charge is 0.307 e.